The lowest BCUT2D eigenvalue weighted by Crippen LogP contribution is -2.52. The molecular formula is C27H29ClFN3O4S. The van der Waals surface area contributed by atoms with Crippen molar-refractivity contribution in [2.45, 2.75) is 44.3 Å². The van der Waals surface area contributed by atoms with Gasteiger partial charge in [-0.15, -0.1) is 0 Å². The highest BCUT2D eigenvalue weighted by molar-refractivity contribution is 7.92. The van der Waals surface area contributed by atoms with Gasteiger partial charge in [-0.1, -0.05) is 60.1 Å². The van der Waals surface area contributed by atoms with Crippen molar-refractivity contribution in [2.24, 2.45) is 0 Å². The summed E-state index contributed by atoms with van der Waals surface area (Å²) < 4.78 is 42.8. The van der Waals surface area contributed by atoms with E-state index in [9.17, 15) is 22.4 Å². The summed E-state index contributed by atoms with van der Waals surface area (Å²) in [7, 11) is -4.33. The minimum absolute atomic E-state index is 0.0539. The standard InChI is InChI=1S/C27H29ClFN3O4S/c1-19(2)30-27(34)20(3)31(17-21-11-7-8-14-23(21)28)26(33)18-32(25-16-10-9-15-24(25)29)37(35,36)22-12-5-4-6-13-22/h4-16,19-20H,17-18H2,1-3H3,(H,30,34)/t20-/m1/s1. The number of hydrogen-bond acceptors (Lipinski definition) is 4. The third kappa shape index (κ3) is 6.87. The molecule has 7 nitrogen and oxygen atoms in total. The van der Waals surface area contributed by atoms with Gasteiger partial charge in [-0.3, -0.25) is 13.9 Å². The van der Waals surface area contributed by atoms with Crippen molar-refractivity contribution < 1.29 is 22.4 Å². The third-order valence-electron chi connectivity index (χ3n) is 5.63. The molecule has 0 unspecified atom stereocenters. The zero-order chi connectivity index (χ0) is 27.2. The Kier molecular flexibility index (Phi) is 9.29. The largest absolute Gasteiger partial charge is 0.352 e. The molecule has 0 bridgehead atoms. The van der Waals surface area contributed by atoms with Crippen LogP contribution in [0.25, 0.3) is 0 Å². The number of rotatable bonds is 10. The Bertz CT molecular complexity index is 1350. The summed E-state index contributed by atoms with van der Waals surface area (Å²) in [4.78, 5) is 27.8. The van der Waals surface area contributed by atoms with Crippen LogP contribution in [0.2, 0.25) is 5.02 Å². The van der Waals surface area contributed by atoms with E-state index in [1.165, 1.54) is 47.4 Å². The molecule has 196 valence electrons. The summed E-state index contributed by atoms with van der Waals surface area (Å²) in [6.07, 6.45) is 0. The van der Waals surface area contributed by atoms with Gasteiger partial charge >= 0.3 is 0 Å². The van der Waals surface area contributed by atoms with Crippen LogP contribution < -0.4 is 9.62 Å². The van der Waals surface area contributed by atoms with E-state index in [1.807, 2.05) is 0 Å². The van der Waals surface area contributed by atoms with E-state index in [2.05, 4.69) is 5.32 Å². The Labute approximate surface area is 221 Å². The fourth-order valence-corrected chi connectivity index (χ4v) is 5.32. The van der Waals surface area contributed by atoms with Crippen molar-refractivity contribution in [3.05, 3.63) is 95.3 Å². The van der Waals surface area contributed by atoms with Crippen molar-refractivity contribution in [1.82, 2.24) is 10.2 Å². The maximum Gasteiger partial charge on any atom is 0.264 e. The van der Waals surface area contributed by atoms with Crippen LogP contribution in [0.1, 0.15) is 26.3 Å². The molecule has 0 saturated carbocycles. The molecule has 0 aromatic heterocycles. The third-order valence-corrected chi connectivity index (χ3v) is 7.77. The first kappa shape index (κ1) is 28.1. The second kappa shape index (κ2) is 12.2. The van der Waals surface area contributed by atoms with Crippen molar-refractivity contribution in [2.75, 3.05) is 10.8 Å². The predicted octanol–water partition coefficient (Wildman–Crippen LogP) is 4.62. The first-order valence-corrected chi connectivity index (χ1v) is 13.5. The molecule has 2 amide bonds. The van der Waals surface area contributed by atoms with Gasteiger partial charge in [0.2, 0.25) is 11.8 Å². The summed E-state index contributed by atoms with van der Waals surface area (Å²) in [5.41, 5.74) is 0.293. The van der Waals surface area contributed by atoms with E-state index >= 15 is 0 Å². The molecule has 10 heteroatoms. The number of sulfonamides is 1. The van der Waals surface area contributed by atoms with E-state index in [4.69, 9.17) is 11.6 Å². The number of benzene rings is 3. The van der Waals surface area contributed by atoms with Crippen LogP contribution in [-0.4, -0.2) is 43.8 Å². The van der Waals surface area contributed by atoms with Crippen LogP contribution in [0.4, 0.5) is 10.1 Å². The van der Waals surface area contributed by atoms with Gasteiger partial charge in [-0.2, -0.15) is 0 Å². The van der Waals surface area contributed by atoms with Crippen LogP contribution in [0.5, 0.6) is 0 Å². The SMILES string of the molecule is CC(C)NC(=O)[C@@H](C)N(Cc1ccccc1Cl)C(=O)CN(c1ccccc1F)S(=O)(=O)c1ccccc1. The van der Waals surface area contributed by atoms with Crippen LogP contribution in [0.15, 0.2) is 83.8 Å². The van der Waals surface area contributed by atoms with Crippen LogP contribution in [0, 0.1) is 5.82 Å². The molecule has 3 aromatic carbocycles. The van der Waals surface area contributed by atoms with Crippen LogP contribution in [0.3, 0.4) is 0 Å². The molecule has 0 radical (unpaired) electrons. The molecular weight excluding hydrogens is 517 g/mol. The van der Waals surface area contributed by atoms with Crippen molar-refractivity contribution in [3.8, 4) is 0 Å². The van der Waals surface area contributed by atoms with E-state index < -0.39 is 40.2 Å². The lowest BCUT2D eigenvalue weighted by atomic mass is 10.1. The van der Waals surface area contributed by atoms with Gasteiger partial charge in [0.1, 0.15) is 18.4 Å². The maximum atomic E-state index is 14.9. The van der Waals surface area contributed by atoms with Crippen molar-refractivity contribution in [3.63, 3.8) is 0 Å². The summed E-state index contributed by atoms with van der Waals surface area (Å²) in [6, 6.07) is 18.5. The van der Waals surface area contributed by atoms with Gasteiger partial charge in [0.05, 0.1) is 10.6 Å². The summed E-state index contributed by atoms with van der Waals surface area (Å²) in [5, 5.41) is 3.16. The normalized spacial score (nSPS) is 12.2. The van der Waals surface area contributed by atoms with Crippen LogP contribution in [-0.2, 0) is 26.2 Å². The van der Waals surface area contributed by atoms with E-state index in [1.54, 1.807) is 51.1 Å². The molecule has 37 heavy (non-hydrogen) atoms. The number of hydrogen-bond donors (Lipinski definition) is 1. The Morgan fingerprint density at radius 3 is 2.14 bits per heavy atom. The highest BCUT2D eigenvalue weighted by Gasteiger charge is 2.33. The van der Waals surface area contributed by atoms with Gasteiger partial charge in [0.15, 0.2) is 0 Å². The average Bonchev–Trinajstić information content (AvgIpc) is 2.87. The fraction of sp³-hybridized carbons (Fsp3) is 0.259. The lowest BCUT2D eigenvalue weighted by molar-refractivity contribution is -0.139. The van der Waals surface area contributed by atoms with E-state index in [0.29, 0.717) is 10.6 Å². The number of anilines is 1. The zero-order valence-electron chi connectivity index (χ0n) is 20.8. The minimum Gasteiger partial charge on any atom is -0.352 e. The Morgan fingerprint density at radius 1 is 0.919 bits per heavy atom. The highest BCUT2D eigenvalue weighted by Crippen LogP contribution is 2.27. The van der Waals surface area contributed by atoms with Gasteiger partial charge < -0.3 is 10.2 Å². The number of nitrogens with one attached hydrogen (secondary N) is 1. The Balaban J connectivity index is 2.04. The van der Waals surface area contributed by atoms with Crippen molar-refractivity contribution >= 4 is 39.1 Å². The quantitative estimate of drug-likeness (QED) is 0.403. The smallest absolute Gasteiger partial charge is 0.264 e. The second-order valence-electron chi connectivity index (χ2n) is 8.73. The number of nitrogens with zero attached hydrogens (tertiary/aromatic N) is 2. The van der Waals surface area contributed by atoms with E-state index in [-0.39, 0.29) is 23.2 Å². The molecule has 1 N–H and O–H groups in total. The molecule has 3 aromatic rings. The summed E-state index contributed by atoms with van der Waals surface area (Å²) in [6.45, 7) is 4.34. The molecule has 0 aliphatic heterocycles. The summed E-state index contributed by atoms with van der Waals surface area (Å²) >= 11 is 6.32. The predicted molar refractivity (Wildman–Crippen MR) is 142 cm³/mol. The average molecular weight is 546 g/mol. The molecule has 0 fully saturated rings. The fourth-order valence-electron chi connectivity index (χ4n) is 3.68. The maximum absolute atomic E-state index is 14.9. The van der Waals surface area contributed by atoms with Gasteiger partial charge in [-0.05, 0) is 56.7 Å². The topological polar surface area (TPSA) is 86.8 Å². The first-order valence-electron chi connectivity index (χ1n) is 11.7. The highest BCUT2D eigenvalue weighted by atomic mass is 35.5. The molecule has 0 saturated heterocycles. The number of carbonyl (C=O) groups is 2. The van der Waals surface area contributed by atoms with E-state index in [0.717, 1.165) is 10.4 Å². The Hall–Kier alpha value is -3.43. The van der Waals surface area contributed by atoms with Crippen molar-refractivity contribution in [1.29, 1.82) is 0 Å². The second-order valence-corrected chi connectivity index (χ2v) is 11.0. The number of halogens is 2. The molecule has 0 aliphatic rings. The first-order chi connectivity index (χ1) is 17.5. The molecule has 0 aliphatic carbocycles. The molecule has 1 atom stereocenters. The van der Waals surface area contributed by atoms with Gasteiger partial charge in [0, 0.05) is 17.6 Å². The zero-order valence-corrected chi connectivity index (χ0v) is 22.3. The molecule has 0 spiro atoms. The number of para-hydroxylation sites is 1. The number of carbonyl (C=O) groups excluding carboxylic acids is 2. The van der Waals surface area contributed by atoms with Gasteiger partial charge in [0.25, 0.3) is 10.0 Å². The Morgan fingerprint density at radius 2 is 1.51 bits per heavy atom. The lowest BCUT2D eigenvalue weighted by Gasteiger charge is -2.32. The minimum atomic E-state index is -4.33. The molecule has 3 rings (SSSR count). The monoisotopic (exact) mass is 545 g/mol. The summed E-state index contributed by atoms with van der Waals surface area (Å²) in [5.74, 6) is -1.93. The molecule has 0 heterocycles. The number of amides is 2. The van der Waals surface area contributed by atoms with Crippen LogP contribution >= 0.6 is 11.6 Å². The van der Waals surface area contributed by atoms with Gasteiger partial charge in [-0.25, -0.2) is 12.8 Å².